The Hall–Kier alpha value is -3.16. The molecule has 144 valence electrons. The smallest absolute Gasteiger partial charge is 0.387 e. The number of para-hydroxylation sites is 1. The Morgan fingerprint density at radius 3 is 2.33 bits per heavy atom. The minimum atomic E-state index is -2.94. The third-order valence-corrected chi connectivity index (χ3v) is 3.60. The highest BCUT2D eigenvalue weighted by atomic mass is 19.3. The highest BCUT2D eigenvalue weighted by molar-refractivity contribution is 5.78. The monoisotopic (exact) mass is 377 g/mol. The third-order valence-electron chi connectivity index (χ3n) is 3.60. The van der Waals surface area contributed by atoms with Gasteiger partial charge in [-0.15, -0.1) is 0 Å². The molecule has 0 spiro atoms. The van der Waals surface area contributed by atoms with Gasteiger partial charge in [0.2, 0.25) is 5.91 Å². The molecule has 0 saturated carbocycles. The van der Waals surface area contributed by atoms with Crippen LogP contribution in [0.15, 0.2) is 54.6 Å². The number of carbonyl (C=O) groups is 2. The van der Waals surface area contributed by atoms with Crippen molar-refractivity contribution in [3.8, 4) is 5.75 Å². The van der Waals surface area contributed by atoms with E-state index >= 15 is 0 Å². The van der Waals surface area contributed by atoms with E-state index in [-0.39, 0.29) is 31.2 Å². The first-order valence-corrected chi connectivity index (χ1v) is 8.39. The Morgan fingerprint density at radius 1 is 0.889 bits per heavy atom. The lowest BCUT2D eigenvalue weighted by molar-refractivity contribution is -0.121. The van der Waals surface area contributed by atoms with E-state index in [9.17, 15) is 18.4 Å². The molecule has 0 unspecified atom stereocenters. The summed E-state index contributed by atoms with van der Waals surface area (Å²) in [4.78, 5) is 23.5. The van der Waals surface area contributed by atoms with Gasteiger partial charge < -0.3 is 20.7 Å². The zero-order valence-electron chi connectivity index (χ0n) is 14.6. The second-order valence-corrected chi connectivity index (χ2v) is 5.61. The maximum Gasteiger partial charge on any atom is 0.387 e. The lowest BCUT2D eigenvalue weighted by atomic mass is 10.2. The van der Waals surface area contributed by atoms with Gasteiger partial charge in [0, 0.05) is 31.6 Å². The van der Waals surface area contributed by atoms with Crippen molar-refractivity contribution in [2.24, 2.45) is 0 Å². The van der Waals surface area contributed by atoms with Gasteiger partial charge in [0.25, 0.3) is 0 Å². The van der Waals surface area contributed by atoms with Gasteiger partial charge in [-0.25, -0.2) is 4.79 Å². The van der Waals surface area contributed by atoms with Crippen LogP contribution in [0.5, 0.6) is 5.75 Å². The molecule has 0 heterocycles. The molecule has 27 heavy (non-hydrogen) atoms. The van der Waals surface area contributed by atoms with Crippen LogP contribution in [-0.4, -0.2) is 25.1 Å². The molecule has 0 bridgehead atoms. The molecular weight excluding hydrogens is 356 g/mol. The van der Waals surface area contributed by atoms with Gasteiger partial charge >= 0.3 is 12.6 Å². The van der Waals surface area contributed by atoms with Crippen molar-refractivity contribution < 1.29 is 23.1 Å². The zero-order chi connectivity index (χ0) is 19.5. The topological polar surface area (TPSA) is 79.5 Å². The van der Waals surface area contributed by atoms with Gasteiger partial charge in [-0.05, 0) is 11.6 Å². The van der Waals surface area contributed by atoms with Crippen molar-refractivity contribution in [1.82, 2.24) is 16.0 Å². The third kappa shape index (κ3) is 7.72. The average Bonchev–Trinajstić information content (AvgIpc) is 2.66. The molecule has 6 nitrogen and oxygen atoms in total. The first-order valence-electron chi connectivity index (χ1n) is 8.39. The second kappa shape index (κ2) is 10.7. The Morgan fingerprint density at radius 2 is 1.59 bits per heavy atom. The summed E-state index contributed by atoms with van der Waals surface area (Å²) < 4.78 is 29.1. The number of rotatable bonds is 9. The van der Waals surface area contributed by atoms with Crippen molar-refractivity contribution in [3.05, 3.63) is 65.7 Å². The van der Waals surface area contributed by atoms with E-state index in [0.29, 0.717) is 12.1 Å². The van der Waals surface area contributed by atoms with Crippen molar-refractivity contribution in [2.75, 3.05) is 6.54 Å². The molecule has 0 aliphatic rings. The van der Waals surface area contributed by atoms with Crippen molar-refractivity contribution in [2.45, 2.75) is 26.1 Å². The number of alkyl halides is 2. The zero-order valence-corrected chi connectivity index (χ0v) is 14.6. The number of urea groups is 1. The van der Waals surface area contributed by atoms with E-state index in [1.807, 2.05) is 30.3 Å². The lowest BCUT2D eigenvalue weighted by Gasteiger charge is -2.12. The fourth-order valence-electron chi connectivity index (χ4n) is 2.27. The fraction of sp³-hybridized carbons (Fsp3) is 0.263. The van der Waals surface area contributed by atoms with Crippen LogP contribution in [-0.2, 0) is 17.9 Å². The van der Waals surface area contributed by atoms with E-state index in [0.717, 1.165) is 5.56 Å². The summed E-state index contributed by atoms with van der Waals surface area (Å²) in [5, 5.41) is 7.84. The summed E-state index contributed by atoms with van der Waals surface area (Å²) in [5.41, 5.74) is 1.41. The molecule has 8 heteroatoms. The summed E-state index contributed by atoms with van der Waals surface area (Å²) in [6.45, 7) is -2.34. The van der Waals surface area contributed by atoms with E-state index in [2.05, 4.69) is 20.7 Å². The molecular formula is C19H21F2N3O3. The molecule has 3 amide bonds. The summed E-state index contributed by atoms with van der Waals surface area (Å²) >= 11 is 0. The van der Waals surface area contributed by atoms with Gasteiger partial charge in [-0.3, -0.25) is 4.79 Å². The van der Waals surface area contributed by atoms with E-state index in [1.54, 1.807) is 18.2 Å². The highest BCUT2D eigenvalue weighted by Gasteiger charge is 2.10. The second-order valence-electron chi connectivity index (χ2n) is 5.61. The van der Waals surface area contributed by atoms with Crippen LogP contribution in [0.2, 0.25) is 0 Å². The Bertz CT molecular complexity index is 742. The minimum Gasteiger partial charge on any atom is -0.434 e. The van der Waals surface area contributed by atoms with E-state index in [1.165, 1.54) is 6.07 Å². The maximum absolute atomic E-state index is 12.4. The van der Waals surface area contributed by atoms with Crippen LogP contribution in [0.25, 0.3) is 0 Å². The van der Waals surface area contributed by atoms with Crippen LogP contribution in [0.3, 0.4) is 0 Å². The number of ether oxygens (including phenoxy) is 1. The number of benzene rings is 2. The first kappa shape index (κ1) is 20.2. The molecule has 0 aromatic heterocycles. The molecule has 2 aromatic carbocycles. The Balaban J connectivity index is 1.66. The van der Waals surface area contributed by atoms with Gasteiger partial charge in [-0.1, -0.05) is 48.5 Å². The maximum atomic E-state index is 12.4. The quantitative estimate of drug-likeness (QED) is 0.629. The number of hydrogen-bond donors (Lipinski definition) is 3. The summed E-state index contributed by atoms with van der Waals surface area (Å²) in [6.07, 6.45) is 0.130. The number of hydrogen-bond acceptors (Lipinski definition) is 3. The summed E-state index contributed by atoms with van der Waals surface area (Å²) in [7, 11) is 0. The van der Waals surface area contributed by atoms with Crippen LogP contribution >= 0.6 is 0 Å². The van der Waals surface area contributed by atoms with Gasteiger partial charge in [-0.2, -0.15) is 8.78 Å². The lowest BCUT2D eigenvalue weighted by Crippen LogP contribution is -2.37. The fourth-order valence-corrected chi connectivity index (χ4v) is 2.27. The molecule has 3 N–H and O–H groups in total. The minimum absolute atomic E-state index is 0.00749. The number of nitrogens with one attached hydrogen (secondary N) is 3. The molecule has 0 saturated heterocycles. The molecule has 0 aliphatic heterocycles. The first-order chi connectivity index (χ1) is 13.0. The molecule has 0 atom stereocenters. The Labute approximate surface area is 155 Å². The van der Waals surface area contributed by atoms with Crippen LogP contribution in [0.4, 0.5) is 13.6 Å². The number of halogens is 2. The SMILES string of the molecule is O=C(CCNC(=O)NCc1ccccc1OC(F)F)NCc1ccccc1. The van der Waals surface area contributed by atoms with Crippen molar-refractivity contribution >= 4 is 11.9 Å². The predicted octanol–water partition coefficient (Wildman–Crippen LogP) is 2.79. The molecule has 0 aliphatic carbocycles. The van der Waals surface area contributed by atoms with Crippen LogP contribution in [0.1, 0.15) is 17.5 Å². The number of amides is 3. The number of carbonyl (C=O) groups excluding carboxylic acids is 2. The van der Waals surface area contributed by atoms with Crippen molar-refractivity contribution in [1.29, 1.82) is 0 Å². The van der Waals surface area contributed by atoms with Gasteiger partial charge in [0.15, 0.2) is 0 Å². The molecule has 2 rings (SSSR count). The highest BCUT2D eigenvalue weighted by Crippen LogP contribution is 2.19. The van der Waals surface area contributed by atoms with Gasteiger partial charge in [0.1, 0.15) is 5.75 Å². The molecule has 2 aromatic rings. The van der Waals surface area contributed by atoms with Crippen LogP contribution < -0.4 is 20.7 Å². The Kier molecular flexibility index (Phi) is 8.02. The van der Waals surface area contributed by atoms with Crippen LogP contribution in [0, 0.1) is 0 Å². The average molecular weight is 377 g/mol. The summed E-state index contributed by atoms with van der Waals surface area (Å²) in [5.74, 6) is -0.178. The normalized spacial score (nSPS) is 10.3. The molecule has 0 radical (unpaired) electrons. The van der Waals surface area contributed by atoms with Crippen molar-refractivity contribution in [3.63, 3.8) is 0 Å². The predicted molar refractivity (Wildman–Crippen MR) is 96.2 cm³/mol. The summed E-state index contributed by atoms with van der Waals surface area (Å²) in [6, 6.07) is 15.2. The van der Waals surface area contributed by atoms with Gasteiger partial charge in [0.05, 0.1) is 0 Å². The standard InChI is InChI=1S/C19H21F2N3O3/c20-18(21)27-16-9-5-4-8-15(16)13-24-19(26)22-11-10-17(25)23-12-14-6-2-1-3-7-14/h1-9,18H,10-13H2,(H,23,25)(H2,22,24,26). The van der Waals surface area contributed by atoms with E-state index in [4.69, 9.17) is 0 Å². The van der Waals surface area contributed by atoms with E-state index < -0.39 is 12.6 Å². The largest absolute Gasteiger partial charge is 0.434 e. The molecule has 0 fully saturated rings.